The molecule has 1 unspecified atom stereocenters. The third-order valence-electron chi connectivity index (χ3n) is 4.77. The van der Waals surface area contributed by atoms with E-state index in [-0.39, 0.29) is 16.4 Å². The van der Waals surface area contributed by atoms with E-state index in [1.807, 2.05) is 0 Å². The summed E-state index contributed by atoms with van der Waals surface area (Å²) in [6, 6.07) is 0. The van der Waals surface area contributed by atoms with Gasteiger partial charge in [0, 0.05) is 13.5 Å². The van der Waals surface area contributed by atoms with E-state index in [0.717, 1.165) is 12.0 Å². The molecule has 0 amide bonds. The van der Waals surface area contributed by atoms with Crippen LogP contribution in [0.2, 0.25) is 15.6 Å². The van der Waals surface area contributed by atoms with Crippen LogP contribution in [0.5, 0.6) is 0 Å². The summed E-state index contributed by atoms with van der Waals surface area (Å²) in [5.74, 6) is 0. The van der Waals surface area contributed by atoms with Gasteiger partial charge in [-0.1, -0.05) is 67.7 Å². The molecule has 1 rings (SSSR count). The summed E-state index contributed by atoms with van der Waals surface area (Å²) in [5.41, 5.74) is 0.720. The van der Waals surface area contributed by atoms with Crippen LogP contribution in [0.4, 0.5) is 0 Å². The van der Waals surface area contributed by atoms with Crippen molar-refractivity contribution in [1.29, 1.82) is 0 Å². The molecular weight excluding hydrogens is 252 g/mol. The van der Waals surface area contributed by atoms with E-state index in [2.05, 4.69) is 48.5 Å². The number of methoxy groups -OCH3 is 1. The average Bonchev–Trinajstić information content (AvgIpc) is 2.64. The van der Waals surface area contributed by atoms with Crippen molar-refractivity contribution in [2.45, 2.75) is 96.1 Å². The topological polar surface area (TPSA) is 18.5 Å². The van der Waals surface area contributed by atoms with Crippen molar-refractivity contribution in [3.05, 3.63) is 0 Å². The summed E-state index contributed by atoms with van der Waals surface area (Å²) < 4.78 is 12.2. The van der Waals surface area contributed by atoms with Gasteiger partial charge < -0.3 is 9.16 Å². The third-order valence-corrected chi connectivity index (χ3v) is 11.5. The minimum atomic E-state index is -1.91. The second-order valence-electron chi connectivity index (χ2n) is 8.09. The Hall–Kier alpha value is 0.137. The predicted octanol–water partition coefficient (Wildman–Crippen LogP) is 5.49. The first-order chi connectivity index (χ1) is 8.60. The highest BCUT2D eigenvalue weighted by Crippen LogP contribution is 2.63. The van der Waals surface area contributed by atoms with Gasteiger partial charge in [-0.15, -0.1) is 0 Å². The van der Waals surface area contributed by atoms with Crippen molar-refractivity contribution in [1.82, 2.24) is 0 Å². The molecular formula is C16H34O2Si. The van der Waals surface area contributed by atoms with Crippen LogP contribution in [-0.4, -0.2) is 21.7 Å². The molecule has 2 nitrogen and oxygen atoms in total. The zero-order valence-corrected chi connectivity index (χ0v) is 15.3. The largest absolute Gasteiger partial charge is 0.391 e. The van der Waals surface area contributed by atoms with E-state index >= 15 is 0 Å². The van der Waals surface area contributed by atoms with Gasteiger partial charge in [0.2, 0.25) is 8.32 Å². The Bertz CT molecular complexity index is 274. The minimum absolute atomic E-state index is 0.0203. The quantitative estimate of drug-likeness (QED) is 0.637. The molecule has 1 saturated heterocycles. The summed E-state index contributed by atoms with van der Waals surface area (Å²) in [5, 5.41) is 0.494. The molecule has 0 saturated carbocycles. The van der Waals surface area contributed by atoms with Crippen molar-refractivity contribution < 1.29 is 9.16 Å². The molecule has 0 aromatic carbocycles. The van der Waals surface area contributed by atoms with Gasteiger partial charge in [-0.3, -0.25) is 0 Å². The number of hydrogen-bond acceptors (Lipinski definition) is 2. The monoisotopic (exact) mass is 286 g/mol. The SMILES string of the molecule is CCCC[C@@H]1CC(OC)O[Si]1(C(C)(C)C)C(C)(C)C. The second kappa shape index (κ2) is 5.86. The van der Waals surface area contributed by atoms with Gasteiger partial charge in [-0.25, -0.2) is 0 Å². The molecule has 1 aliphatic rings. The lowest BCUT2D eigenvalue weighted by Crippen LogP contribution is -2.55. The summed E-state index contributed by atoms with van der Waals surface area (Å²) in [7, 11) is -0.122. The Morgan fingerprint density at radius 1 is 1.11 bits per heavy atom. The molecule has 3 heteroatoms. The Labute approximate surface area is 121 Å². The molecule has 0 aliphatic carbocycles. The van der Waals surface area contributed by atoms with Gasteiger partial charge in [-0.05, 0) is 15.6 Å². The smallest absolute Gasteiger partial charge is 0.210 e. The van der Waals surface area contributed by atoms with Crippen molar-refractivity contribution in [2.24, 2.45) is 0 Å². The van der Waals surface area contributed by atoms with Crippen LogP contribution in [0.1, 0.15) is 74.1 Å². The maximum atomic E-state index is 6.65. The van der Waals surface area contributed by atoms with Gasteiger partial charge in [-0.2, -0.15) is 0 Å². The van der Waals surface area contributed by atoms with E-state index in [0.29, 0.717) is 0 Å². The van der Waals surface area contributed by atoms with E-state index in [1.54, 1.807) is 7.11 Å². The lowest BCUT2D eigenvalue weighted by atomic mass is 10.1. The molecule has 2 atom stereocenters. The fourth-order valence-corrected chi connectivity index (χ4v) is 11.7. The molecule has 1 heterocycles. The van der Waals surface area contributed by atoms with Crippen molar-refractivity contribution in [3.63, 3.8) is 0 Å². The maximum Gasteiger partial charge on any atom is 0.210 e. The first-order valence-electron chi connectivity index (χ1n) is 7.80. The Balaban J connectivity index is 3.17. The molecule has 0 bridgehead atoms. The van der Waals surface area contributed by atoms with Crippen LogP contribution >= 0.6 is 0 Å². The Morgan fingerprint density at radius 2 is 1.63 bits per heavy atom. The second-order valence-corrected chi connectivity index (χ2v) is 13.6. The lowest BCUT2D eigenvalue weighted by molar-refractivity contribution is -0.0499. The number of unbranched alkanes of at least 4 members (excludes halogenated alkanes) is 1. The highest BCUT2D eigenvalue weighted by molar-refractivity contribution is 6.81. The van der Waals surface area contributed by atoms with E-state index in [4.69, 9.17) is 9.16 Å². The zero-order chi connectivity index (χ0) is 14.9. The highest BCUT2D eigenvalue weighted by atomic mass is 28.4. The van der Waals surface area contributed by atoms with E-state index in [9.17, 15) is 0 Å². The molecule has 114 valence electrons. The van der Waals surface area contributed by atoms with Gasteiger partial charge in [0.05, 0.1) is 0 Å². The summed E-state index contributed by atoms with van der Waals surface area (Å²) in [4.78, 5) is 0. The molecule has 0 aromatic heterocycles. The van der Waals surface area contributed by atoms with Crippen LogP contribution in [0.15, 0.2) is 0 Å². The number of hydrogen-bond donors (Lipinski definition) is 0. The highest BCUT2D eigenvalue weighted by Gasteiger charge is 2.64. The zero-order valence-electron chi connectivity index (χ0n) is 14.3. The first-order valence-corrected chi connectivity index (χ1v) is 9.79. The third kappa shape index (κ3) is 3.08. The van der Waals surface area contributed by atoms with Gasteiger partial charge in [0.15, 0.2) is 0 Å². The van der Waals surface area contributed by atoms with Gasteiger partial charge >= 0.3 is 0 Å². The predicted molar refractivity (Wildman–Crippen MR) is 85.0 cm³/mol. The average molecular weight is 287 g/mol. The van der Waals surface area contributed by atoms with Crippen molar-refractivity contribution in [3.8, 4) is 0 Å². The molecule has 1 aliphatic heterocycles. The van der Waals surface area contributed by atoms with Crippen LogP contribution in [-0.2, 0) is 9.16 Å². The molecule has 1 fully saturated rings. The summed E-state index contributed by atoms with van der Waals surface area (Å²) >= 11 is 0. The normalized spacial score (nSPS) is 27.8. The standard InChI is InChI=1S/C16H34O2Si/c1-9-10-11-13-12-14(17-8)18-19(13,15(2,3)4)16(5,6)7/h13-14H,9-12H2,1-8H3/t13-,14?/m1/s1. The molecule has 0 aromatic rings. The first kappa shape index (κ1) is 17.2. The number of rotatable bonds is 4. The molecule has 0 N–H and O–H groups in total. The molecule has 0 spiro atoms. The Morgan fingerprint density at radius 3 is 2.00 bits per heavy atom. The minimum Gasteiger partial charge on any atom is -0.391 e. The number of ether oxygens (including phenoxy) is 1. The fraction of sp³-hybridized carbons (Fsp3) is 1.00. The summed E-state index contributed by atoms with van der Waals surface area (Å²) in [6.45, 7) is 16.5. The van der Waals surface area contributed by atoms with Crippen LogP contribution < -0.4 is 0 Å². The maximum absolute atomic E-state index is 6.65. The Kier molecular flexibility index (Phi) is 5.31. The van der Waals surface area contributed by atoms with Crippen molar-refractivity contribution in [2.75, 3.05) is 7.11 Å². The molecule has 0 radical (unpaired) electrons. The molecule has 19 heavy (non-hydrogen) atoms. The van der Waals surface area contributed by atoms with E-state index in [1.165, 1.54) is 19.3 Å². The lowest BCUT2D eigenvalue weighted by Gasteiger charge is -2.51. The van der Waals surface area contributed by atoms with Crippen LogP contribution in [0, 0.1) is 0 Å². The van der Waals surface area contributed by atoms with Gasteiger partial charge in [0.25, 0.3) is 0 Å². The summed E-state index contributed by atoms with van der Waals surface area (Å²) in [6.07, 6.45) is 5.00. The van der Waals surface area contributed by atoms with E-state index < -0.39 is 8.32 Å². The van der Waals surface area contributed by atoms with Gasteiger partial charge in [0.1, 0.15) is 6.29 Å². The fourth-order valence-electron chi connectivity index (χ4n) is 4.37. The van der Waals surface area contributed by atoms with Crippen molar-refractivity contribution >= 4 is 8.32 Å². The van der Waals surface area contributed by atoms with Crippen LogP contribution in [0.25, 0.3) is 0 Å². The van der Waals surface area contributed by atoms with Crippen LogP contribution in [0.3, 0.4) is 0 Å².